The lowest BCUT2D eigenvalue weighted by atomic mass is 9.70. The Labute approximate surface area is 178 Å². The lowest BCUT2D eigenvalue weighted by molar-refractivity contribution is -0.128. The van der Waals surface area contributed by atoms with Crippen LogP contribution in [-0.2, 0) is 29.8 Å². The number of ketones is 2. The molecule has 0 aromatic carbocycles. The zero-order valence-corrected chi connectivity index (χ0v) is 19.6. The lowest BCUT2D eigenvalue weighted by Crippen LogP contribution is -2.42. The summed E-state index contributed by atoms with van der Waals surface area (Å²) < 4.78 is 62.0. The smallest absolute Gasteiger partial charge is 0.265 e. The molecule has 30 heavy (non-hydrogen) atoms. The minimum atomic E-state index is -4.08. The molecular formula is C20H32O8S2. The zero-order valence-electron chi connectivity index (χ0n) is 18.0. The number of Topliss-reactive ketones (excluding diaryl/α,β-unsaturated/α-hetero) is 2. The van der Waals surface area contributed by atoms with Crippen molar-refractivity contribution >= 4 is 31.8 Å². The van der Waals surface area contributed by atoms with E-state index in [2.05, 4.69) is 0 Å². The number of carbonyl (C=O) groups is 2. The molecule has 172 valence electrons. The molecule has 0 heterocycles. The second-order valence-electron chi connectivity index (χ2n) is 10.8. The molecule has 0 radical (unpaired) electrons. The molecule has 0 aliphatic heterocycles. The second kappa shape index (κ2) is 6.83. The van der Waals surface area contributed by atoms with E-state index in [1.807, 2.05) is 27.7 Å². The molecular weight excluding hydrogens is 432 g/mol. The Bertz CT molecular complexity index is 898. The molecule has 2 unspecified atom stereocenters. The fraction of sp³-hybridized carbons (Fsp3) is 0.900. The molecule has 0 spiro atoms. The van der Waals surface area contributed by atoms with Crippen molar-refractivity contribution in [2.75, 3.05) is 11.5 Å². The minimum Gasteiger partial charge on any atom is -0.299 e. The second-order valence-corrected chi connectivity index (χ2v) is 13.7. The molecule has 4 aliphatic carbocycles. The molecule has 0 aromatic rings. The Balaban J connectivity index is 0.000000171. The summed E-state index contributed by atoms with van der Waals surface area (Å²) in [5, 5.41) is 0. The van der Waals surface area contributed by atoms with Crippen LogP contribution in [0.5, 0.6) is 0 Å². The first-order valence-electron chi connectivity index (χ1n) is 10.3. The Morgan fingerprint density at radius 1 is 0.733 bits per heavy atom. The van der Waals surface area contributed by atoms with Crippen molar-refractivity contribution in [1.29, 1.82) is 0 Å². The molecule has 0 amide bonds. The van der Waals surface area contributed by atoms with Gasteiger partial charge in [0.2, 0.25) is 0 Å². The van der Waals surface area contributed by atoms with Gasteiger partial charge in [-0.25, -0.2) is 0 Å². The third-order valence-corrected chi connectivity index (χ3v) is 10.9. The van der Waals surface area contributed by atoms with Gasteiger partial charge in [0.05, 0.1) is 22.3 Å². The van der Waals surface area contributed by atoms with Crippen LogP contribution in [0.15, 0.2) is 0 Å². The molecule has 4 bridgehead atoms. The Morgan fingerprint density at radius 3 is 1.20 bits per heavy atom. The van der Waals surface area contributed by atoms with Crippen LogP contribution < -0.4 is 0 Å². The summed E-state index contributed by atoms with van der Waals surface area (Å²) in [6, 6.07) is 0. The van der Waals surface area contributed by atoms with E-state index in [9.17, 15) is 26.4 Å². The Hall–Kier alpha value is -0.840. The van der Waals surface area contributed by atoms with E-state index in [0.717, 1.165) is 12.8 Å². The van der Waals surface area contributed by atoms with Gasteiger partial charge in [0.25, 0.3) is 20.2 Å². The first-order valence-corrected chi connectivity index (χ1v) is 13.6. The van der Waals surface area contributed by atoms with Gasteiger partial charge in [0.15, 0.2) is 0 Å². The van der Waals surface area contributed by atoms with Gasteiger partial charge in [-0.1, -0.05) is 27.7 Å². The van der Waals surface area contributed by atoms with Crippen LogP contribution in [-0.4, -0.2) is 49.0 Å². The van der Waals surface area contributed by atoms with E-state index in [0.29, 0.717) is 25.7 Å². The van der Waals surface area contributed by atoms with Crippen molar-refractivity contribution in [3.8, 4) is 0 Å². The van der Waals surface area contributed by atoms with E-state index < -0.39 is 42.6 Å². The van der Waals surface area contributed by atoms with Gasteiger partial charge in [-0.2, -0.15) is 16.8 Å². The maximum absolute atomic E-state index is 11.9. The maximum Gasteiger partial charge on any atom is 0.265 e. The van der Waals surface area contributed by atoms with E-state index in [-0.39, 0.29) is 34.2 Å². The summed E-state index contributed by atoms with van der Waals surface area (Å²) in [4.78, 5) is 23.8. The first-order chi connectivity index (χ1) is 13.4. The number of hydrogen-bond donors (Lipinski definition) is 2. The van der Waals surface area contributed by atoms with Gasteiger partial charge >= 0.3 is 0 Å². The highest BCUT2D eigenvalue weighted by atomic mass is 32.2. The number of carbonyl (C=O) groups excluding carboxylic acids is 2. The molecule has 4 atom stereocenters. The summed E-state index contributed by atoms with van der Waals surface area (Å²) in [5.74, 6) is -0.203. The average Bonchev–Trinajstić information content (AvgIpc) is 3.05. The zero-order chi connectivity index (χ0) is 23.0. The number of rotatable bonds is 4. The van der Waals surface area contributed by atoms with Crippen LogP contribution in [0.2, 0.25) is 0 Å². The maximum atomic E-state index is 11.9. The van der Waals surface area contributed by atoms with Gasteiger partial charge in [0, 0.05) is 12.8 Å². The first kappa shape index (κ1) is 23.8. The highest BCUT2D eigenvalue weighted by Crippen LogP contribution is 2.65. The molecule has 10 heteroatoms. The topological polar surface area (TPSA) is 143 Å². The van der Waals surface area contributed by atoms with Gasteiger partial charge in [-0.15, -0.1) is 0 Å². The van der Waals surface area contributed by atoms with Crippen molar-refractivity contribution in [1.82, 2.24) is 0 Å². The van der Waals surface area contributed by atoms with Crippen molar-refractivity contribution in [3.05, 3.63) is 0 Å². The normalized spacial score (nSPS) is 38.6. The Morgan fingerprint density at radius 2 is 1.03 bits per heavy atom. The molecule has 4 aliphatic rings. The molecule has 8 nitrogen and oxygen atoms in total. The minimum absolute atomic E-state index is 0.0152. The summed E-state index contributed by atoms with van der Waals surface area (Å²) in [6.45, 7) is 7.78. The van der Waals surface area contributed by atoms with Gasteiger partial charge in [-0.05, 0) is 48.3 Å². The Kier molecular flexibility index (Phi) is 5.42. The van der Waals surface area contributed by atoms with Crippen molar-refractivity contribution in [3.63, 3.8) is 0 Å². The van der Waals surface area contributed by atoms with Gasteiger partial charge in [0.1, 0.15) is 11.6 Å². The predicted molar refractivity (Wildman–Crippen MR) is 110 cm³/mol. The molecule has 4 rings (SSSR count). The van der Waals surface area contributed by atoms with E-state index >= 15 is 0 Å². The van der Waals surface area contributed by atoms with E-state index in [4.69, 9.17) is 9.11 Å². The third kappa shape index (κ3) is 3.47. The average molecular weight is 465 g/mol. The molecule has 0 saturated heterocycles. The van der Waals surface area contributed by atoms with Crippen LogP contribution in [0.25, 0.3) is 0 Å². The SMILES string of the molecule is CC1(C)C2CC[C@@]1(CS(=O)(=O)O)C(=O)C2.CC1(C)C2CC[C@@]1(CS(=O)(=O)O)C(=O)C2. The number of fused-ring (bicyclic) bond motifs is 4. The standard InChI is InChI=1S/2C10H16O4S/c2*1-9(2)7-3-4-10(9,8(11)5-7)6-15(12,13)14/h2*7H,3-6H2,1-2H3,(H,12,13,14)/t2*7?,10-/m11/s1. The summed E-state index contributed by atoms with van der Waals surface area (Å²) in [5.41, 5.74) is -2.24. The lowest BCUT2D eigenvalue weighted by Gasteiger charge is -2.35. The summed E-state index contributed by atoms with van der Waals surface area (Å²) >= 11 is 0. The van der Waals surface area contributed by atoms with Crippen molar-refractivity contribution in [2.24, 2.45) is 33.5 Å². The fourth-order valence-corrected chi connectivity index (χ4v) is 9.44. The van der Waals surface area contributed by atoms with Gasteiger partial charge in [-0.3, -0.25) is 18.7 Å². The number of hydrogen-bond acceptors (Lipinski definition) is 6. The largest absolute Gasteiger partial charge is 0.299 e. The van der Waals surface area contributed by atoms with E-state index in [1.54, 1.807) is 0 Å². The van der Waals surface area contributed by atoms with Crippen LogP contribution >= 0.6 is 0 Å². The molecule has 4 saturated carbocycles. The quantitative estimate of drug-likeness (QED) is 0.604. The van der Waals surface area contributed by atoms with Gasteiger partial charge < -0.3 is 0 Å². The van der Waals surface area contributed by atoms with Crippen LogP contribution in [0.3, 0.4) is 0 Å². The summed E-state index contributed by atoms with van der Waals surface area (Å²) in [7, 11) is -8.15. The van der Waals surface area contributed by atoms with E-state index in [1.165, 1.54) is 0 Å². The predicted octanol–water partition coefficient (Wildman–Crippen LogP) is 2.54. The van der Waals surface area contributed by atoms with Crippen LogP contribution in [0.4, 0.5) is 0 Å². The van der Waals surface area contributed by atoms with Crippen LogP contribution in [0.1, 0.15) is 66.2 Å². The highest BCUT2D eigenvalue weighted by Gasteiger charge is 2.66. The molecule has 4 fully saturated rings. The fourth-order valence-electron chi connectivity index (χ4n) is 6.84. The highest BCUT2D eigenvalue weighted by molar-refractivity contribution is 7.86. The van der Waals surface area contributed by atoms with Crippen molar-refractivity contribution in [2.45, 2.75) is 66.2 Å². The monoisotopic (exact) mass is 464 g/mol. The third-order valence-electron chi connectivity index (χ3n) is 9.14. The molecule has 0 aromatic heterocycles. The van der Waals surface area contributed by atoms with Crippen LogP contribution in [0, 0.1) is 33.5 Å². The van der Waals surface area contributed by atoms with Crippen molar-refractivity contribution < 1.29 is 35.5 Å². The molecule has 2 N–H and O–H groups in total. The summed E-state index contributed by atoms with van der Waals surface area (Å²) in [6.07, 6.45) is 3.94.